The molecule has 0 saturated heterocycles. The third-order valence-corrected chi connectivity index (χ3v) is 5.54. The predicted octanol–water partition coefficient (Wildman–Crippen LogP) is 4.62. The van der Waals surface area contributed by atoms with Crippen molar-refractivity contribution in [1.29, 1.82) is 0 Å². The van der Waals surface area contributed by atoms with E-state index in [0.717, 1.165) is 45.5 Å². The highest BCUT2D eigenvalue weighted by atomic mass is 79.9. The molecule has 7 nitrogen and oxygen atoms in total. The van der Waals surface area contributed by atoms with Crippen LogP contribution >= 0.6 is 15.9 Å². The summed E-state index contributed by atoms with van der Waals surface area (Å²) in [6.45, 7) is 2.31. The van der Waals surface area contributed by atoms with Crippen molar-refractivity contribution in [3.8, 4) is 0 Å². The Hall–Kier alpha value is -3.23. The number of carbonyl (C=O) groups is 1. The lowest BCUT2D eigenvalue weighted by Crippen LogP contribution is -2.18. The monoisotopic (exact) mass is 492 g/mol. The number of nitrogens with zero attached hydrogens (tertiary/aromatic N) is 4. The maximum absolute atomic E-state index is 13.0. The molecule has 8 heteroatoms. The zero-order chi connectivity index (χ0) is 22.5. The number of pyridine rings is 1. The number of anilines is 2. The van der Waals surface area contributed by atoms with Gasteiger partial charge in [-0.15, -0.1) is 0 Å². The first-order valence-electron chi connectivity index (χ1n) is 10.3. The minimum absolute atomic E-state index is 0.164. The van der Waals surface area contributed by atoms with Crippen LogP contribution in [0.5, 0.6) is 0 Å². The van der Waals surface area contributed by atoms with Gasteiger partial charge in [0.05, 0.1) is 23.8 Å². The molecular formula is C24H25BrN6O. The van der Waals surface area contributed by atoms with Crippen molar-refractivity contribution in [3.05, 3.63) is 82.7 Å². The van der Waals surface area contributed by atoms with Crippen molar-refractivity contribution in [3.63, 3.8) is 0 Å². The van der Waals surface area contributed by atoms with Crippen molar-refractivity contribution in [2.75, 3.05) is 31.3 Å². The predicted molar refractivity (Wildman–Crippen MR) is 132 cm³/mol. The molecule has 0 bridgehead atoms. The molecule has 0 fully saturated rings. The van der Waals surface area contributed by atoms with Crippen LogP contribution in [0, 0.1) is 0 Å². The number of para-hydroxylation sites is 1. The molecule has 4 rings (SSSR count). The number of benzene rings is 2. The van der Waals surface area contributed by atoms with Gasteiger partial charge >= 0.3 is 0 Å². The van der Waals surface area contributed by atoms with Crippen molar-refractivity contribution in [2.24, 2.45) is 0 Å². The normalized spacial score (nSPS) is 11.1. The zero-order valence-corrected chi connectivity index (χ0v) is 19.6. The van der Waals surface area contributed by atoms with E-state index in [1.54, 1.807) is 6.20 Å². The molecule has 2 heterocycles. The number of aromatic nitrogens is 3. The molecule has 4 aromatic rings. The Kier molecular flexibility index (Phi) is 6.82. The van der Waals surface area contributed by atoms with Gasteiger partial charge in [-0.05, 0) is 78.1 Å². The summed E-state index contributed by atoms with van der Waals surface area (Å²) in [5, 5.41) is 11.8. The second-order valence-electron chi connectivity index (χ2n) is 7.78. The van der Waals surface area contributed by atoms with Crippen molar-refractivity contribution < 1.29 is 4.79 Å². The van der Waals surface area contributed by atoms with Crippen LogP contribution in [0.25, 0.3) is 10.9 Å². The van der Waals surface area contributed by atoms with E-state index in [2.05, 4.69) is 41.5 Å². The molecular weight excluding hydrogens is 468 g/mol. The minimum atomic E-state index is -0.164. The molecule has 2 aromatic carbocycles. The van der Waals surface area contributed by atoms with Crippen LogP contribution in [0.2, 0.25) is 0 Å². The molecule has 0 atom stereocenters. The summed E-state index contributed by atoms with van der Waals surface area (Å²) in [4.78, 5) is 19.3. The van der Waals surface area contributed by atoms with Crippen molar-refractivity contribution in [2.45, 2.75) is 13.1 Å². The summed E-state index contributed by atoms with van der Waals surface area (Å²) in [6, 6.07) is 17.3. The lowest BCUT2D eigenvalue weighted by Gasteiger charge is -2.13. The first-order chi connectivity index (χ1) is 15.5. The SMILES string of the molecule is CN(C)CCn1ncc2cc(NC(=O)c3ccccc3NCc3ccnc(Br)c3)ccc21. The standard InChI is InChI=1S/C24H25BrN6O/c1-30(2)11-12-31-22-8-7-19(14-18(22)16-28-31)29-24(32)20-5-3-4-6-21(20)27-15-17-9-10-26-23(25)13-17/h3-10,13-14,16,27H,11-12,15H2,1-2H3,(H,29,32). The van der Waals surface area contributed by atoms with Crippen LogP contribution in [0.4, 0.5) is 11.4 Å². The Bertz CT molecular complexity index is 1240. The summed E-state index contributed by atoms with van der Waals surface area (Å²) in [7, 11) is 4.09. The molecule has 32 heavy (non-hydrogen) atoms. The third kappa shape index (κ3) is 5.33. The highest BCUT2D eigenvalue weighted by Crippen LogP contribution is 2.22. The maximum Gasteiger partial charge on any atom is 0.257 e. The van der Waals surface area contributed by atoms with Gasteiger partial charge in [0.2, 0.25) is 0 Å². The smallest absolute Gasteiger partial charge is 0.257 e. The molecule has 0 aliphatic carbocycles. The number of nitrogens with one attached hydrogen (secondary N) is 2. The van der Waals surface area contributed by atoms with E-state index in [0.29, 0.717) is 12.1 Å². The highest BCUT2D eigenvalue weighted by molar-refractivity contribution is 9.10. The average Bonchev–Trinajstić information content (AvgIpc) is 3.18. The van der Waals surface area contributed by atoms with Gasteiger partial charge in [-0.3, -0.25) is 9.48 Å². The number of hydrogen-bond donors (Lipinski definition) is 2. The van der Waals surface area contributed by atoms with Gasteiger partial charge in [0.15, 0.2) is 0 Å². The Morgan fingerprint density at radius 1 is 1.12 bits per heavy atom. The number of fused-ring (bicyclic) bond motifs is 1. The van der Waals surface area contributed by atoms with E-state index in [1.807, 2.05) is 79.6 Å². The fourth-order valence-electron chi connectivity index (χ4n) is 3.42. The van der Waals surface area contributed by atoms with E-state index in [9.17, 15) is 4.79 Å². The molecule has 0 aliphatic heterocycles. The number of rotatable bonds is 8. The average molecular weight is 493 g/mol. The Balaban J connectivity index is 1.47. The Morgan fingerprint density at radius 2 is 1.97 bits per heavy atom. The quantitative estimate of drug-likeness (QED) is 0.351. The van der Waals surface area contributed by atoms with E-state index in [-0.39, 0.29) is 5.91 Å². The summed E-state index contributed by atoms with van der Waals surface area (Å²) in [6.07, 6.45) is 3.58. The maximum atomic E-state index is 13.0. The van der Waals surface area contributed by atoms with Crippen molar-refractivity contribution >= 4 is 44.1 Å². The van der Waals surface area contributed by atoms with Gasteiger partial charge in [0.25, 0.3) is 5.91 Å². The molecule has 0 aliphatic rings. The molecule has 2 N–H and O–H groups in total. The Labute approximate surface area is 195 Å². The van der Waals surface area contributed by atoms with E-state index < -0.39 is 0 Å². The van der Waals surface area contributed by atoms with Crippen LogP contribution in [0.3, 0.4) is 0 Å². The molecule has 0 unspecified atom stereocenters. The number of halogens is 1. The zero-order valence-electron chi connectivity index (χ0n) is 18.0. The lowest BCUT2D eigenvalue weighted by molar-refractivity contribution is 0.102. The van der Waals surface area contributed by atoms with Crippen LogP contribution in [-0.4, -0.2) is 46.2 Å². The fraction of sp³-hybridized carbons (Fsp3) is 0.208. The first kappa shape index (κ1) is 22.0. The van der Waals surface area contributed by atoms with E-state index >= 15 is 0 Å². The third-order valence-electron chi connectivity index (χ3n) is 5.10. The Morgan fingerprint density at radius 3 is 2.78 bits per heavy atom. The number of hydrogen-bond acceptors (Lipinski definition) is 5. The summed E-state index contributed by atoms with van der Waals surface area (Å²) < 4.78 is 2.76. The van der Waals surface area contributed by atoms with Crippen LogP contribution in [0.1, 0.15) is 15.9 Å². The number of likely N-dealkylation sites (N-methyl/N-ethyl adjacent to an activating group) is 1. The summed E-state index contributed by atoms with van der Waals surface area (Å²) >= 11 is 3.39. The second kappa shape index (κ2) is 9.93. The summed E-state index contributed by atoms with van der Waals surface area (Å²) in [5.74, 6) is -0.164. The van der Waals surface area contributed by atoms with Gasteiger partial charge in [-0.1, -0.05) is 12.1 Å². The van der Waals surface area contributed by atoms with Crippen LogP contribution < -0.4 is 10.6 Å². The molecule has 0 saturated carbocycles. The molecule has 0 spiro atoms. The molecule has 164 valence electrons. The second-order valence-corrected chi connectivity index (χ2v) is 8.60. The topological polar surface area (TPSA) is 75.1 Å². The lowest BCUT2D eigenvalue weighted by atomic mass is 10.1. The fourth-order valence-corrected chi connectivity index (χ4v) is 3.83. The first-order valence-corrected chi connectivity index (χ1v) is 11.1. The minimum Gasteiger partial charge on any atom is -0.380 e. The van der Waals surface area contributed by atoms with Crippen LogP contribution in [-0.2, 0) is 13.1 Å². The van der Waals surface area contributed by atoms with Crippen LogP contribution in [0.15, 0.2) is 71.6 Å². The van der Waals surface area contributed by atoms with Gasteiger partial charge in [-0.25, -0.2) is 4.98 Å². The van der Waals surface area contributed by atoms with Gasteiger partial charge < -0.3 is 15.5 Å². The summed E-state index contributed by atoms with van der Waals surface area (Å²) in [5.41, 5.74) is 4.22. The number of amides is 1. The highest BCUT2D eigenvalue weighted by Gasteiger charge is 2.12. The molecule has 2 aromatic heterocycles. The largest absolute Gasteiger partial charge is 0.380 e. The van der Waals surface area contributed by atoms with Gasteiger partial charge in [0.1, 0.15) is 4.60 Å². The molecule has 1 amide bonds. The molecule has 0 radical (unpaired) electrons. The van der Waals surface area contributed by atoms with E-state index in [4.69, 9.17) is 0 Å². The van der Waals surface area contributed by atoms with E-state index in [1.165, 1.54) is 0 Å². The van der Waals surface area contributed by atoms with Gasteiger partial charge in [0, 0.05) is 36.0 Å². The van der Waals surface area contributed by atoms with Gasteiger partial charge in [-0.2, -0.15) is 5.10 Å². The number of carbonyl (C=O) groups excluding carboxylic acids is 1. The van der Waals surface area contributed by atoms with Crippen molar-refractivity contribution in [1.82, 2.24) is 19.7 Å².